The van der Waals surface area contributed by atoms with Crippen LogP contribution in [0.2, 0.25) is 10.0 Å². The maximum Gasteiger partial charge on any atom is 0.419 e. The molecule has 32 heavy (non-hydrogen) atoms. The van der Waals surface area contributed by atoms with Crippen LogP contribution in [0.5, 0.6) is 0 Å². The molecule has 1 saturated heterocycles. The van der Waals surface area contributed by atoms with Gasteiger partial charge in [-0.25, -0.2) is 9.18 Å². The molecule has 0 aliphatic carbocycles. The highest BCUT2D eigenvalue weighted by Gasteiger charge is 2.39. The van der Waals surface area contributed by atoms with Crippen molar-refractivity contribution >= 4 is 29.3 Å². The van der Waals surface area contributed by atoms with Crippen molar-refractivity contribution in [3.63, 3.8) is 0 Å². The molecule has 2 aromatic carbocycles. The molecule has 1 amide bonds. The van der Waals surface area contributed by atoms with Crippen LogP contribution in [0.4, 0.5) is 22.4 Å². The minimum atomic E-state index is -4.75. The van der Waals surface area contributed by atoms with Crippen LogP contribution in [0.15, 0.2) is 36.4 Å². The number of nitrogens with zero attached hydrogens (tertiary/aromatic N) is 2. The number of likely N-dealkylation sites (tertiary alicyclic amines) is 1. The Kier molecular flexibility index (Phi) is 7.57. The molecule has 1 fully saturated rings. The molecule has 2 atom stereocenters. The van der Waals surface area contributed by atoms with Crippen LogP contribution in [0.1, 0.15) is 29.5 Å². The van der Waals surface area contributed by atoms with Gasteiger partial charge in [0, 0.05) is 31.6 Å². The Hall–Kier alpha value is -2.03. The van der Waals surface area contributed by atoms with E-state index in [0.717, 1.165) is 17.7 Å². The first-order valence-electron chi connectivity index (χ1n) is 9.93. The Morgan fingerprint density at radius 2 is 1.88 bits per heavy atom. The van der Waals surface area contributed by atoms with Crippen molar-refractivity contribution in [1.29, 1.82) is 0 Å². The number of carbonyl (C=O) groups excluding carboxylic acids is 1. The third-order valence-corrected chi connectivity index (χ3v) is 6.26. The molecule has 0 radical (unpaired) electrons. The van der Waals surface area contributed by atoms with Gasteiger partial charge in [-0.05, 0) is 49.4 Å². The maximum atomic E-state index is 14.0. The summed E-state index contributed by atoms with van der Waals surface area (Å²) in [6, 6.07) is 7.93. The van der Waals surface area contributed by atoms with Crippen LogP contribution in [-0.4, -0.2) is 48.7 Å². The van der Waals surface area contributed by atoms with Gasteiger partial charge in [0.15, 0.2) is 0 Å². The predicted octanol–water partition coefficient (Wildman–Crippen LogP) is 6.21. The molecule has 0 spiro atoms. The third-order valence-electron chi connectivity index (χ3n) is 5.52. The van der Waals surface area contributed by atoms with E-state index in [1.54, 1.807) is 31.0 Å². The lowest BCUT2D eigenvalue weighted by Crippen LogP contribution is -2.38. The molecule has 10 heteroatoms. The quantitative estimate of drug-likeness (QED) is 0.465. The second kappa shape index (κ2) is 9.85. The van der Waals surface area contributed by atoms with E-state index in [-0.39, 0.29) is 25.1 Å². The summed E-state index contributed by atoms with van der Waals surface area (Å²) in [5.41, 5.74) is -0.0472. The number of hydrogen-bond donors (Lipinski definition) is 0. The number of ether oxygens (including phenoxy) is 1. The Morgan fingerprint density at radius 1 is 1.16 bits per heavy atom. The van der Waals surface area contributed by atoms with Crippen molar-refractivity contribution in [3.8, 4) is 0 Å². The summed E-state index contributed by atoms with van der Waals surface area (Å²) in [7, 11) is 1.78. The SMILES string of the molecule is CCOC(=O)N1C[C@H](c2ccc(Cl)c(Cl)c2)[C@H](N(C)Cc2ccc(C(F)(F)F)c(F)c2)C1. The van der Waals surface area contributed by atoms with Crippen LogP contribution in [-0.2, 0) is 17.5 Å². The van der Waals surface area contributed by atoms with Crippen LogP contribution in [0.3, 0.4) is 0 Å². The number of carbonyl (C=O) groups is 1. The first-order valence-corrected chi connectivity index (χ1v) is 10.7. The van der Waals surface area contributed by atoms with Gasteiger partial charge in [0.2, 0.25) is 0 Å². The lowest BCUT2D eigenvalue weighted by molar-refractivity contribution is -0.140. The number of alkyl halides is 3. The highest BCUT2D eigenvalue weighted by molar-refractivity contribution is 6.42. The zero-order valence-corrected chi connectivity index (χ0v) is 18.9. The molecule has 0 N–H and O–H groups in total. The van der Waals surface area contributed by atoms with Crippen LogP contribution < -0.4 is 0 Å². The Balaban J connectivity index is 1.85. The molecule has 0 saturated carbocycles. The number of benzene rings is 2. The summed E-state index contributed by atoms with van der Waals surface area (Å²) < 4.78 is 57.7. The fraction of sp³-hybridized carbons (Fsp3) is 0.409. The van der Waals surface area contributed by atoms with Crippen molar-refractivity contribution in [2.45, 2.75) is 31.6 Å². The van der Waals surface area contributed by atoms with Crippen molar-refractivity contribution in [2.24, 2.45) is 0 Å². The normalized spacial score (nSPS) is 19.0. The molecule has 2 aromatic rings. The van der Waals surface area contributed by atoms with Gasteiger partial charge >= 0.3 is 12.3 Å². The highest BCUT2D eigenvalue weighted by Crippen LogP contribution is 2.36. The maximum absolute atomic E-state index is 14.0. The topological polar surface area (TPSA) is 32.8 Å². The smallest absolute Gasteiger partial charge is 0.419 e. The first-order chi connectivity index (χ1) is 15.0. The van der Waals surface area contributed by atoms with Gasteiger partial charge in [-0.15, -0.1) is 0 Å². The largest absolute Gasteiger partial charge is 0.450 e. The molecular formula is C22H22Cl2F4N2O2. The molecule has 1 aliphatic heterocycles. The van der Waals surface area contributed by atoms with Gasteiger partial charge in [0.1, 0.15) is 5.82 Å². The van der Waals surface area contributed by atoms with Crippen LogP contribution in [0.25, 0.3) is 0 Å². The monoisotopic (exact) mass is 492 g/mol. The summed E-state index contributed by atoms with van der Waals surface area (Å²) in [5, 5.41) is 0.783. The zero-order chi connectivity index (χ0) is 23.6. The van der Waals surface area contributed by atoms with Gasteiger partial charge in [-0.2, -0.15) is 13.2 Å². The van der Waals surface area contributed by atoms with Gasteiger partial charge in [-0.3, -0.25) is 4.90 Å². The van der Waals surface area contributed by atoms with E-state index < -0.39 is 23.7 Å². The van der Waals surface area contributed by atoms with E-state index in [1.165, 1.54) is 6.07 Å². The van der Waals surface area contributed by atoms with Gasteiger partial charge in [0.25, 0.3) is 0 Å². The fourth-order valence-corrected chi connectivity index (χ4v) is 4.27. The predicted molar refractivity (Wildman–Crippen MR) is 114 cm³/mol. The number of rotatable bonds is 5. The molecular weight excluding hydrogens is 471 g/mol. The summed E-state index contributed by atoms with van der Waals surface area (Å²) in [4.78, 5) is 15.8. The van der Waals surface area contributed by atoms with Crippen molar-refractivity contribution in [1.82, 2.24) is 9.80 Å². The van der Waals surface area contributed by atoms with Gasteiger partial charge in [-0.1, -0.05) is 35.3 Å². The number of amides is 1. The minimum Gasteiger partial charge on any atom is -0.450 e. The number of likely N-dealkylation sites (N-methyl/N-ethyl adjacent to an activating group) is 1. The van der Waals surface area contributed by atoms with Gasteiger partial charge in [0.05, 0.1) is 22.2 Å². The van der Waals surface area contributed by atoms with Gasteiger partial charge < -0.3 is 9.64 Å². The second-order valence-corrected chi connectivity index (χ2v) is 8.49. The van der Waals surface area contributed by atoms with Crippen molar-refractivity contribution in [2.75, 3.05) is 26.7 Å². The lowest BCUT2D eigenvalue weighted by atomic mass is 9.93. The molecule has 3 rings (SSSR count). The van der Waals surface area contributed by atoms with Crippen molar-refractivity contribution < 1.29 is 27.1 Å². The molecule has 1 aliphatic rings. The molecule has 0 aromatic heterocycles. The second-order valence-electron chi connectivity index (χ2n) is 7.68. The Labute approximate surface area is 193 Å². The molecule has 0 bridgehead atoms. The van der Waals surface area contributed by atoms with E-state index in [9.17, 15) is 22.4 Å². The minimum absolute atomic E-state index is 0.154. The summed E-state index contributed by atoms with van der Waals surface area (Å²) >= 11 is 12.2. The van der Waals surface area contributed by atoms with E-state index in [1.807, 2.05) is 11.0 Å². The lowest BCUT2D eigenvalue weighted by Gasteiger charge is -2.29. The molecule has 174 valence electrons. The molecule has 1 heterocycles. The molecule has 0 unspecified atom stereocenters. The average molecular weight is 493 g/mol. The van der Waals surface area contributed by atoms with Crippen LogP contribution >= 0.6 is 23.2 Å². The van der Waals surface area contributed by atoms with Crippen LogP contribution in [0, 0.1) is 5.82 Å². The Bertz CT molecular complexity index is 987. The number of hydrogen-bond acceptors (Lipinski definition) is 3. The molecule has 4 nitrogen and oxygen atoms in total. The average Bonchev–Trinajstić information content (AvgIpc) is 3.15. The highest BCUT2D eigenvalue weighted by atomic mass is 35.5. The third kappa shape index (κ3) is 5.47. The standard InChI is InChI=1S/C22H22Cl2F4N2O2/c1-3-32-21(31)30-11-15(14-5-7-17(23)18(24)9-14)20(12-30)29(2)10-13-4-6-16(19(25)8-13)22(26,27)28/h4-9,15,20H,3,10-12H2,1-2H3/t15-,20-/m1/s1. The fourth-order valence-electron chi connectivity index (χ4n) is 3.96. The number of halogens is 6. The van der Waals surface area contributed by atoms with E-state index in [0.29, 0.717) is 28.7 Å². The van der Waals surface area contributed by atoms with E-state index in [4.69, 9.17) is 27.9 Å². The zero-order valence-electron chi connectivity index (χ0n) is 17.4. The summed E-state index contributed by atoms with van der Waals surface area (Å²) in [6.45, 7) is 2.84. The van der Waals surface area contributed by atoms with E-state index in [2.05, 4.69) is 0 Å². The van der Waals surface area contributed by atoms with Crippen molar-refractivity contribution in [3.05, 3.63) is 69.0 Å². The first kappa shape index (κ1) is 24.6. The Morgan fingerprint density at radius 3 is 2.47 bits per heavy atom. The van der Waals surface area contributed by atoms with E-state index >= 15 is 0 Å². The summed E-state index contributed by atoms with van der Waals surface area (Å²) in [6.07, 6.45) is -5.20. The summed E-state index contributed by atoms with van der Waals surface area (Å²) in [5.74, 6) is -1.47.